The standard InChI is InChI=1S/C44H80N2O4/c1-3-5-7-9-11-13-15-17-19-21-27-41(47)29-23-25-31-43(49)45-37-39-33-35-40(36-34-39)38-46-44(50)32-26-24-30-42(48)28-22-20-18-16-14-12-10-8-6-4-2/h33-36,41-42,47-48H,3-32,37-38H2,1-2H3,(H,45,49)(H,46,50). The highest BCUT2D eigenvalue weighted by Crippen LogP contribution is 2.16. The van der Waals surface area contributed by atoms with Gasteiger partial charge in [0.25, 0.3) is 0 Å². The summed E-state index contributed by atoms with van der Waals surface area (Å²) in [5, 5.41) is 26.6. The first-order chi connectivity index (χ1) is 24.4. The summed E-state index contributed by atoms with van der Waals surface area (Å²) < 4.78 is 0. The first-order valence-corrected chi connectivity index (χ1v) is 21.4. The van der Waals surface area contributed by atoms with Crippen LogP contribution in [0.3, 0.4) is 0 Å². The second-order valence-corrected chi connectivity index (χ2v) is 15.1. The number of hydrogen-bond acceptors (Lipinski definition) is 4. The highest BCUT2D eigenvalue weighted by molar-refractivity contribution is 5.76. The predicted octanol–water partition coefficient (Wildman–Crippen LogP) is 11.4. The number of aliphatic hydroxyl groups excluding tert-OH is 2. The van der Waals surface area contributed by atoms with Crippen LogP contribution >= 0.6 is 0 Å². The molecular weight excluding hydrogens is 620 g/mol. The van der Waals surface area contributed by atoms with E-state index in [-0.39, 0.29) is 24.0 Å². The van der Waals surface area contributed by atoms with Crippen LogP contribution in [-0.2, 0) is 22.7 Å². The third-order valence-electron chi connectivity index (χ3n) is 10.2. The van der Waals surface area contributed by atoms with E-state index in [1.165, 1.54) is 116 Å². The van der Waals surface area contributed by atoms with Gasteiger partial charge in [0.1, 0.15) is 0 Å². The average molecular weight is 701 g/mol. The summed E-state index contributed by atoms with van der Waals surface area (Å²) in [5.41, 5.74) is 2.08. The fourth-order valence-corrected chi connectivity index (χ4v) is 6.71. The number of carbonyl (C=O) groups is 2. The number of aliphatic hydroxyl groups is 2. The summed E-state index contributed by atoms with van der Waals surface area (Å²) >= 11 is 0. The summed E-state index contributed by atoms with van der Waals surface area (Å²) in [6.07, 6.45) is 33.4. The van der Waals surface area contributed by atoms with Gasteiger partial charge in [-0.2, -0.15) is 0 Å². The lowest BCUT2D eigenvalue weighted by atomic mass is 10.0. The van der Waals surface area contributed by atoms with Crippen LogP contribution in [0, 0.1) is 0 Å². The van der Waals surface area contributed by atoms with Gasteiger partial charge in [0.2, 0.25) is 11.8 Å². The summed E-state index contributed by atoms with van der Waals surface area (Å²) in [7, 11) is 0. The maximum atomic E-state index is 12.3. The second-order valence-electron chi connectivity index (χ2n) is 15.1. The Morgan fingerprint density at radius 3 is 1.00 bits per heavy atom. The van der Waals surface area contributed by atoms with Crippen LogP contribution in [-0.4, -0.2) is 34.2 Å². The van der Waals surface area contributed by atoms with Gasteiger partial charge in [-0.1, -0.05) is 179 Å². The maximum Gasteiger partial charge on any atom is 0.220 e. The Hall–Kier alpha value is -1.92. The second kappa shape index (κ2) is 34.2. The summed E-state index contributed by atoms with van der Waals surface area (Å²) in [6, 6.07) is 8.01. The Morgan fingerprint density at radius 2 is 0.700 bits per heavy atom. The Balaban J connectivity index is 1.98. The first-order valence-electron chi connectivity index (χ1n) is 21.4. The van der Waals surface area contributed by atoms with Gasteiger partial charge in [-0.15, -0.1) is 0 Å². The Morgan fingerprint density at radius 1 is 0.440 bits per heavy atom. The molecule has 0 aliphatic rings. The minimum Gasteiger partial charge on any atom is -0.393 e. The molecule has 2 atom stereocenters. The minimum atomic E-state index is -0.238. The molecule has 50 heavy (non-hydrogen) atoms. The van der Waals surface area contributed by atoms with Crippen LogP contribution in [0.2, 0.25) is 0 Å². The molecule has 1 rings (SSSR count). The van der Waals surface area contributed by atoms with E-state index in [4.69, 9.17) is 0 Å². The van der Waals surface area contributed by atoms with Crippen molar-refractivity contribution in [2.75, 3.05) is 0 Å². The molecule has 0 bridgehead atoms. The molecule has 0 fully saturated rings. The molecule has 290 valence electrons. The molecule has 4 N–H and O–H groups in total. The Labute approximate surface area is 308 Å². The molecule has 6 heteroatoms. The van der Waals surface area contributed by atoms with Gasteiger partial charge in [0.15, 0.2) is 0 Å². The van der Waals surface area contributed by atoms with Gasteiger partial charge < -0.3 is 20.8 Å². The van der Waals surface area contributed by atoms with Crippen LogP contribution in [0.5, 0.6) is 0 Å². The number of carbonyl (C=O) groups excluding carboxylic acids is 2. The third-order valence-corrected chi connectivity index (χ3v) is 10.2. The molecular formula is C44H80N2O4. The van der Waals surface area contributed by atoms with Gasteiger partial charge >= 0.3 is 0 Å². The molecule has 2 amide bonds. The highest BCUT2D eigenvalue weighted by atomic mass is 16.3. The van der Waals surface area contributed by atoms with E-state index in [0.717, 1.165) is 75.3 Å². The first kappa shape index (κ1) is 46.1. The molecule has 1 aromatic carbocycles. The van der Waals surface area contributed by atoms with E-state index in [9.17, 15) is 19.8 Å². The molecule has 0 aliphatic heterocycles. The lowest BCUT2D eigenvalue weighted by molar-refractivity contribution is -0.122. The van der Waals surface area contributed by atoms with Gasteiger partial charge in [-0.25, -0.2) is 0 Å². The van der Waals surface area contributed by atoms with Crippen LogP contribution in [0.25, 0.3) is 0 Å². The van der Waals surface area contributed by atoms with E-state index in [0.29, 0.717) is 25.9 Å². The third kappa shape index (κ3) is 29.8. The van der Waals surface area contributed by atoms with Crippen molar-refractivity contribution in [3.8, 4) is 0 Å². The zero-order chi connectivity index (χ0) is 36.3. The molecule has 1 aromatic rings. The minimum absolute atomic E-state index is 0.0526. The average Bonchev–Trinajstić information content (AvgIpc) is 3.12. The molecule has 2 unspecified atom stereocenters. The zero-order valence-corrected chi connectivity index (χ0v) is 32.8. The predicted molar refractivity (Wildman–Crippen MR) is 212 cm³/mol. The van der Waals surface area contributed by atoms with Crippen molar-refractivity contribution in [2.24, 2.45) is 0 Å². The number of unbranched alkanes of at least 4 members (excludes halogenated alkanes) is 20. The molecule has 0 radical (unpaired) electrons. The van der Waals surface area contributed by atoms with Gasteiger partial charge in [-0.05, 0) is 49.7 Å². The van der Waals surface area contributed by atoms with Crippen LogP contribution in [0.15, 0.2) is 24.3 Å². The van der Waals surface area contributed by atoms with E-state index in [1.54, 1.807) is 0 Å². The lowest BCUT2D eigenvalue weighted by Crippen LogP contribution is -2.23. The molecule has 0 aromatic heterocycles. The van der Waals surface area contributed by atoms with Crippen molar-refractivity contribution in [1.29, 1.82) is 0 Å². The largest absolute Gasteiger partial charge is 0.393 e. The zero-order valence-electron chi connectivity index (χ0n) is 32.8. The van der Waals surface area contributed by atoms with Crippen molar-refractivity contribution in [3.05, 3.63) is 35.4 Å². The summed E-state index contributed by atoms with van der Waals surface area (Å²) in [6.45, 7) is 5.52. The van der Waals surface area contributed by atoms with Crippen LogP contribution in [0.1, 0.15) is 218 Å². The van der Waals surface area contributed by atoms with Gasteiger partial charge in [0, 0.05) is 25.9 Å². The van der Waals surface area contributed by atoms with Crippen LogP contribution < -0.4 is 10.6 Å². The number of amides is 2. The van der Waals surface area contributed by atoms with Crippen molar-refractivity contribution < 1.29 is 19.8 Å². The summed E-state index contributed by atoms with van der Waals surface area (Å²) in [4.78, 5) is 24.6. The normalized spacial score (nSPS) is 12.6. The van der Waals surface area contributed by atoms with Crippen LogP contribution in [0.4, 0.5) is 0 Å². The Bertz CT molecular complexity index is 833. The van der Waals surface area contributed by atoms with E-state index >= 15 is 0 Å². The quantitative estimate of drug-likeness (QED) is 0.0524. The number of rotatable bonds is 36. The fourth-order valence-electron chi connectivity index (χ4n) is 6.71. The molecule has 0 saturated carbocycles. The SMILES string of the molecule is CCCCCCCCCCCCC(O)CCCCC(=O)NCc1ccc(CNC(=O)CCCCC(O)CCCCCCCCCCCC)cc1. The van der Waals surface area contributed by atoms with E-state index in [1.807, 2.05) is 24.3 Å². The number of hydrogen-bond donors (Lipinski definition) is 4. The van der Waals surface area contributed by atoms with Crippen molar-refractivity contribution in [1.82, 2.24) is 10.6 Å². The molecule has 6 nitrogen and oxygen atoms in total. The maximum absolute atomic E-state index is 12.3. The smallest absolute Gasteiger partial charge is 0.220 e. The van der Waals surface area contributed by atoms with Gasteiger partial charge in [-0.3, -0.25) is 9.59 Å². The number of nitrogens with one attached hydrogen (secondary N) is 2. The van der Waals surface area contributed by atoms with E-state index < -0.39 is 0 Å². The highest BCUT2D eigenvalue weighted by Gasteiger charge is 2.08. The lowest BCUT2D eigenvalue weighted by Gasteiger charge is -2.11. The molecule has 0 saturated heterocycles. The van der Waals surface area contributed by atoms with Crippen molar-refractivity contribution in [3.63, 3.8) is 0 Å². The Kier molecular flexibility index (Phi) is 31.5. The number of benzene rings is 1. The molecule has 0 spiro atoms. The topological polar surface area (TPSA) is 98.7 Å². The monoisotopic (exact) mass is 701 g/mol. The van der Waals surface area contributed by atoms with Gasteiger partial charge in [0.05, 0.1) is 12.2 Å². The molecule has 0 heterocycles. The van der Waals surface area contributed by atoms with Crippen molar-refractivity contribution >= 4 is 11.8 Å². The van der Waals surface area contributed by atoms with E-state index in [2.05, 4.69) is 24.5 Å². The van der Waals surface area contributed by atoms with Crippen molar-refractivity contribution in [2.45, 2.75) is 232 Å². The fraction of sp³-hybridized carbons (Fsp3) is 0.818. The summed E-state index contributed by atoms with van der Waals surface area (Å²) in [5.74, 6) is 0.105. The molecule has 0 aliphatic carbocycles.